The van der Waals surface area contributed by atoms with E-state index in [1.807, 2.05) is 39.2 Å². The molecule has 0 unspecified atom stereocenters. The number of fused-ring (bicyclic) bond motifs is 1. The molecule has 0 N–H and O–H groups in total. The Labute approximate surface area is 281 Å². The standard InChI is InChI=1S/C26H33N7O3.C8H13NO3/c1-17-22(18-10-23(35-5)24-19(11-27)12-28-32(24)14-18)13-29-33(17)20-6-8-30(9-7-20)21-15-31(16-21)25(34)36-26(2,3)4;1-8(2,3)12-7(11)9-4-6(10)5-9/h10,12-14,20-21H,6-9,15-16H2,1-5H3;4-5H2,1-3H3. The minimum Gasteiger partial charge on any atom is -0.494 e. The number of ether oxygens (including phenoxy) is 3. The Bertz CT molecular complexity index is 1700. The largest absolute Gasteiger partial charge is 0.494 e. The number of pyridine rings is 1. The van der Waals surface area contributed by atoms with Crippen molar-refractivity contribution in [1.29, 1.82) is 5.26 Å². The van der Waals surface area contributed by atoms with Crippen LogP contribution in [0.5, 0.6) is 5.75 Å². The van der Waals surface area contributed by atoms with Gasteiger partial charge in [-0.3, -0.25) is 19.3 Å². The van der Waals surface area contributed by atoms with Crippen LogP contribution in [0.25, 0.3) is 16.6 Å². The van der Waals surface area contributed by atoms with Gasteiger partial charge in [-0.2, -0.15) is 15.5 Å². The molecule has 3 aliphatic rings. The normalized spacial score (nSPS) is 17.6. The monoisotopic (exact) mass is 662 g/mol. The molecular weight excluding hydrogens is 616 g/mol. The molecule has 0 aliphatic carbocycles. The fraction of sp³-hybridized carbons (Fsp3) is 0.588. The van der Waals surface area contributed by atoms with Crippen LogP contribution >= 0.6 is 0 Å². The van der Waals surface area contributed by atoms with Crippen molar-refractivity contribution in [2.45, 2.75) is 84.6 Å². The van der Waals surface area contributed by atoms with E-state index < -0.39 is 17.3 Å². The molecule has 3 aromatic rings. The number of carbonyl (C=O) groups excluding carboxylic acids is 3. The maximum Gasteiger partial charge on any atom is 0.411 e. The van der Waals surface area contributed by atoms with E-state index in [0.29, 0.717) is 28.9 Å². The van der Waals surface area contributed by atoms with E-state index in [1.54, 1.807) is 43.5 Å². The Morgan fingerprint density at radius 3 is 2.06 bits per heavy atom. The van der Waals surface area contributed by atoms with Gasteiger partial charge in [0, 0.05) is 55.2 Å². The van der Waals surface area contributed by atoms with Crippen LogP contribution in [0.4, 0.5) is 9.59 Å². The first-order chi connectivity index (χ1) is 22.6. The highest BCUT2D eigenvalue weighted by molar-refractivity contribution is 5.94. The highest BCUT2D eigenvalue weighted by Gasteiger charge is 2.38. The molecule has 14 heteroatoms. The number of piperidine rings is 1. The SMILES string of the molecule is CC(C)(C)OC(=O)N1CC(=O)C1.COc1cc(-c2cnn(C3CCN(C4CN(C(=O)OC(C)(C)C)C4)CC3)c2C)cn2ncc(C#N)c12. The van der Waals surface area contributed by atoms with Crippen molar-refractivity contribution in [2.75, 3.05) is 46.4 Å². The van der Waals surface area contributed by atoms with E-state index >= 15 is 0 Å². The number of rotatable bonds is 4. The zero-order valence-corrected chi connectivity index (χ0v) is 29.1. The minimum absolute atomic E-state index is 0.0841. The average molecular weight is 663 g/mol. The molecule has 3 fully saturated rings. The summed E-state index contributed by atoms with van der Waals surface area (Å²) >= 11 is 0. The predicted octanol–water partition coefficient (Wildman–Crippen LogP) is 4.45. The Morgan fingerprint density at radius 1 is 0.917 bits per heavy atom. The van der Waals surface area contributed by atoms with E-state index in [2.05, 4.69) is 27.7 Å². The van der Waals surface area contributed by atoms with E-state index in [1.165, 1.54) is 4.90 Å². The van der Waals surface area contributed by atoms with Crippen molar-refractivity contribution in [3.63, 3.8) is 0 Å². The van der Waals surface area contributed by atoms with Gasteiger partial charge in [-0.25, -0.2) is 14.1 Å². The number of nitriles is 1. The van der Waals surface area contributed by atoms with E-state index in [4.69, 9.17) is 19.3 Å². The number of hydrogen-bond donors (Lipinski definition) is 0. The van der Waals surface area contributed by atoms with Crippen LogP contribution in [-0.2, 0) is 14.3 Å². The van der Waals surface area contributed by atoms with Crippen LogP contribution < -0.4 is 4.74 Å². The van der Waals surface area contributed by atoms with Gasteiger partial charge in [0.15, 0.2) is 5.78 Å². The summed E-state index contributed by atoms with van der Waals surface area (Å²) in [4.78, 5) is 39.6. The van der Waals surface area contributed by atoms with Gasteiger partial charge in [-0.05, 0) is 67.4 Å². The van der Waals surface area contributed by atoms with E-state index in [9.17, 15) is 19.6 Å². The maximum absolute atomic E-state index is 12.2. The first-order valence-electron chi connectivity index (χ1n) is 16.3. The van der Waals surface area contributed by atoms with Gasteiger partial charge in [0.2, 0.25) is 0 Å². The highest BCUT2D eigenvalue weighted by Crippen LogP contribution is 2.34. The molecule has 0 spiro atoms. The molecule has 0 aromatic carbocycles. The van der Waals surface area contributed by atoms with Crippen LogP contribution in [0, 0.1) is 18.3 Å². The Morgan fingerprint density at radius 2 is 1.52 bits per heavy atom. The molecule has 6 rings (SSSR count). The predicted molar refractivity (Wildman–Crippen MR) is 177 cm³/mol. The second-order valence-electron chi connectivity index (χ2n) is 14.5. The van der Waals surface area contributed by atoms with Crippen LogP contribution in [0.1, 0.15) is 71.7 Å². The zero-order valence-electron chi connectivity index (χ0n) is 29.1. The molecule has 14 nitrogen and oxygen atoms in total. The van der Waals surface area contributed by atoms with Crippen LogP contribution in [-0.4, -0.2) is 116 Å². The highest BCUT2D eigenvalue weighted by atomic mass is 16.6. The molecule has 0 radical (unpaired) electrons. The first-order valence-corrected chi connectivity index (χ1v) is 16.3. The summed E-state index contributed by atoms with van der Waals surface area (Å²) in [6.07, 6.45) is 6.78. The van der Waals surface area contributed by atoms with Crippen molar-refractivity contribution in [1.82, 2.24) is 34.1 Å². The van der Waals surface area contributed by atoms with E-state index in [0.717, 1.165) is 55.8 Å². The molecule has 48 heavy (non-hydrogen) atoms. The number of likely N-dealkylation sites (tertiary alicyclic amines) is 3. The molecular formula is C34H46N8O6. The third-order valence-electron chi connectivity index (χ3n) is 8.53. The summed E-state index contributed by atoms with van der Waals surface area (Å²) in [6, 6.07) is 4.85. The van der Waals surface area contributed by atoms with Crippen molar-refractivity contribution < 1.29 is 28.6 Å². The van der Waals surface area contributed by atoms with Gasteiger partial charge >= 0.3 is 12.2 Å². The number of ketones is 1. The fourth-order valence-corrected chi connectivity index (χ4v) is 6.04. The smallest absolute Gasteiger partial charge is 0.411 e. The lowest BCUT2D eigenvalue weighted by Gasteiger charge is -2.47. The number of methoxy groups -OCH3 is 1. The minimum atomic E-state index is -0.476. The summed E-state index contributed by atoms with van der Waals surface area (Å²) in [5, 5.41) is 18.5. The zero-order chi connectivity index (χ0) is 35.0. The molecule has 6 heterocycles. The summed E-state index contributed by atoms with van der Waals surface area (Å²) in [5.74, 6) is 0.698. The molecule has 2 amide bonds. The van der Waals surface area contributed by atoms with Crippen molar-refractivity contribution >= 4 is 23.5 Å². The molecule has 0 bridgehead atoms. The summed E-state index contributed by atoms with van der Waals surface area (Å²) < 4.78 is 19.9. The van der Waals surface area contributed by atoms with Gasteiger partial charge in [0.1, 0.15) is 34.1 Å². The van der Waals surface area contributed by atoms with E-state index in [-0.39, 0.29) is 25.0 Å². The number of carbonyl (C=O) groups is 3. The van der Waals surface area contributed by atoms with Gasteiger partial charge in [0.05, 0.1) is 38.6 Å². The van der Waals surface area contributed by atoms with Gasteiger partial charge in [0.25, 0.3) is 0 Å². The molecule has 3 aliphatic heterocycles. The first kappa shape index (κ1) is 34.7. The number of aromatic nitrogens is 4. The van der Waals surface area contributed by atoms with Gasteiger partial charge in [-0.1, -0.05) is 0 Å². The van der Waals surface area contributed by atoms with Crippen LogP contribution in [0.15, 0.2) is 24.7 Å². The van der Waals surface area contributed by atoms with Crippen LogP contribution in [0.2, 0.25) is 0 Å². The molecule has 0 atom stereocenters. The van der Waals surface area contributed by atoms with Crippen LogP contribution in [0.3, 0.4) is 0 Å². The maximum atomic E-state index is 12.2. The number of Topliss-reactive ketones (excluding diaryl/α,β-unsaturated/α-hetero) is 1. The lowest BCUT2D eigenvalue weighted by atomic mass is 9.99. The van der Waals surface area contributed by atoms with Gasteiger partial charge < -0.3 is 19.1 Å². The summed E-state index contributed by atoms with van der Waals surface area (Å²) in [5.41, 5.74) is 3.29. The average Bonchev–Trinajstić information content (AvgIpc) is 3.56. The Kier molecular flexibility index (Phi) is 9.73. The second-order valence-corrected chi connectivity index (χ2v) is 14.5. The van der Waals surface area contributed by atoms with Crippen molar-refractivity contribution in [3.8, 4) is 22.9 Å². The second kappa shape index (κ2) is 13.5. The number of hydrogen-bond acceptors (Lipinski definition) is 10. The molecule has 258 valence electrons. The Hall–Kier alpha value is -4.64. The van der Waals surface area contributed by atoms with Crippen molar-refractivity contribution in [3.05, 3.63) is 35.9 Å². The lowest BCUT2D eigenvalue weighted by molar-refractivity contribution is -0.128. The fourth-order valence-electron chi connectivity index (χ4n) is 6.04. The van der Waals surface area contributed by atoms with Gasteiger partial charge in [-0.15, -0.1) is 0 Å². The third-order valence-corrected chi connectivity index (χ3v) is 8.53. The summed E-state index contributed by atoms with van der Waals surface area (Å²) in [7, 11) is 1.60. The lowest BCUT2D eigenvalue weighted by Crippen LogP contribution is -2.62. The number of amides is 2. The Balaban J connectivity index is 0.000000318. The molecule has 0 saturated carbocycles. The molecule has 3 aromatic heterocycles. The third kappa shape index (κ3) is 7.73. The quantitative estimate of drug-likeness (QED) is 0.393. The topological polar surface area (TPSA) is 148 Å². The summed E-state index contributed by atoms with van der Waals surface area (Å²) in [6.45, 7) is 17.0. The molecule has 3 saturated heterocycles. The van der Waals surface area contributed by atoms with Crippen molar-refractivity contribution in [2.24, 2.45) is 0 Å². The number of nitrogens with zero attached hydrogens (tertiary/aromatic N) is 8.